The second-order valence-electron chi connectivity index (χ2n) is 26.0. The van der Waals surface area contributed by atoms with E-state index in [0.29, 0.717) is 172 Å². The van der Waals surface area contributed by atoms with E-state index in [-0.39, 0.29) is 210 Å². The molecule has 0 spiro atoms. The topological polar surface area (TPSA) is 401 Å². The van der Waals surface area contributed by atoms with Gasteiger partial charge in [-0.25, -0.2) is 13.4 Å². The lowest BCUT2D eigenvalue weighted by atomic mass is 10.1. The number of hydrogen-bond acceptors (Lipinski definition) is 30. The second kappa shape index (κ2) is 60.3. The summed E-state index contributed by atoms with van der Waals surface area (Å²) in [6, 6.07) is 14.0. The van der Waals surface area contributed by atoms with Crippen LogP contribution in [0.4, 0.5) is 28.7 Å². The van der Waals surface area contributed by atoms with Crippen molar-refractivity contribution in [2.45, 2.75) is 217 Å². The van der Waals surface area contributed by atoms with Gasteiger partial charge in [-0.2, -0.15) is 5.26 Å². The number of likely N-dealkylation sites (N-methyl/N-ethyl adjacent to an activating group) is 1. The standard InChI is InChI=1S/C78H119N7O23S/c1-61-63(60-79)77(80-42-53-100-55-56-108-75(95)41-23-13-31-52-106-73(93)39-21-11-29-50-104-71(91)37-19-9-27-48-102-69(89)35-17-7-25-46-87)82-78(81-62-32-14-5-15-33-62)76(61)84-83-64-58-66(99-4)67(59-65(64)98-3)109(96,97)57-44-85(2)43-54-107-74(94)40-22-12-30-51-105-72(92)38-20-10-28-49-103-70(90)36-18-8-26-47-101-68(88)34-16-6-24-45-86/h5,14-15,32-33,58-59,86-87H,6-13,16-31,34-57H2,1-4H3,(H2,80,81,82). The van der Waals surface area contributed by atoms with E-state index in [1.165, 1.54) is 26.4 Å². The van der Waals surface area contributed by atoms with Crippen LogP contribution in [0.1, 0.15) is 217 Å². The predicted octanol–water partition coefficient (Wildman–Crippen LogP) is 12.4. The number of carbonyl (C=O) groups excluding carboxylic acids is 8. The minimum atomic E-state index is -4.00. The van der Waals surface area contributed by atoms with Gasteiger partial charge in [0, 0.05) is 108 Å². The molecule has 0 saturated heterocycles. The molecule has 0 radical (unpaired) electrons. The Balaban J connectivity index is 1.32. The number of nitrogens with zero attached hydrogens (tertiary/aromatic N) is 5. The average Bonchev–Trinajstić information content (AvgIpc) is 0.791. The molecule has 0 aliphatic carbocycles. The lowest BCUT2D eigenvalue weighted by molar-refractivity contribution is -0.146. The first-order valence-corrected chi connectivity index (χ1v) is 40.1. The van der Waals surface area contributed by atoms with E-state index in [0.717, 1.165) is 25.7 Å². The number of benzene rings is 2. The summed E-state index contributed by atoms with van der Waals surface area (Å²) >= 11 is 0. The first-order valence-electron chi connectivity index (χ1n) is 38.5. The van der Waals surface area contributed by atoms with Crippen molar-refractivity contribution in [1.82, 2.24) is 9.88 Å². The fourth-order valence-corrected chi connectivity index (χ4v) is 12.1. The fourth-order valence-electron chi connectivity index (χ4n) is 10.6. The van der Waals surface area contributed by atoms with Gasteiger partial charge in [0.05, 0.1) is 78.4 Å². The number of methoxy groups -OCH3 is 2. The largest absolute Gasteiger partial charge is 0.495 e. The molecule has 1 heterocycles. The molecule has 31 heteroatoms. The number of rotatable bonds is 66. The number of anilines is 3. The molecule has 0 bridgehead atoms. The number of ether oxygens (including phenoxy) is 11. The third kappa shape index (κ3) is 45.2. The summed E-state index contributed by atoms with van der Waals surface area (Å²) in [4.78, 5) is 103. The molecule has 0 amide bonds. The Hall–Kier alpha value is -8.57. The van der Waals surface area contributed by atoms with Crippen molar-refractivity contribution in [3.63, 3.8) is 0 Å². The van der Waals surface area contributed by atoms with Crippen molar-refractivity contribution >= 4 is 86.3 Å². The van der Waals surface area contributed by atoms with E-state index >= 15 is 0 Å². The highest BCUT2D eigenvalue weighted by molar-refractivity contribution is 7.91. The van der Waals surface area contributed by atoms with Crippen molar-refractivity contribution in [3.05, 3.63) is 53.6 Å². The number of sulfone groups is 1. The SMILES string of the molecule is COc1cc(S(=O)(=O)CCN(C)CCOC(=O)CCCCCOC(=O)CCCCCOC(=O)CCCCCOC(=O)CCCCCO)c(OC)cc1N=Nc1c(Nc2ccccc2)nc(NCCOCCOC(=O)CCCCCOC(=O)CCCCCOC(=O)CCCCCOC(=O)CCCCCO)c(C#N)c1C. The van der Waals surface area contributed by atoms with Crippen LogP contribution >= 0.6 is 0 Å². The number of unbranched alkanes of at least 4 members (excludes halogenated alkanes) is 16. The van der Waals surface area contributed by atoms with Crippen molar-refractivity contribution in [1.29, 1.82) is 5.26 Å². The summed E-state index contributed by atoms with van der Waals surface area (Å²) in [7, 11) is 0.396. The molecule has 0 saturated carbocycles. The van der Waals surface area contributed by atoms with E-state index in [4.69, 9.17) is 67.3 Å². The number of pyridine rings is 1. The molecular formula is C78H119N7O23S. The number of esters is 8. The maximum absolute atomic E-state index is 13.9. The number of aliphatic hydroxyl groups excluding tert-OH is 2. The number of aliphatic hydroxyl groups is 2. The summed E-state index contributed by atoms with van der Waals surface area (Å²) in [5.41, 5.74) is 1.57. The number of aromatic nitrogens is 1. The zero-order chi connectivity index (χ0) is 79.4. The van der Waals surface area contributed by atoms with Gasteiger partial charge in [0.25, 0.3) is 0 Å². The van der Waals surface area contributed by atoms with Crippen LogP contribution in [-0.2, 0) is 90.8 Å². The monoisotopic (exact) mass is 1550 g/mol. The van der Waals surface area contributed by atoms with E-state index < -0.39 is 15.8 Å². The maximum atomic E-state index is 13.9. The van der Waals surface area contributed by atoms with Gasteiger partial charge < -0.3 is 77.9 Å². The van der Waals surface area contributed by atoms with Crippen molar-refractivity contribution < 1.29 is 109 Å². The molecular weight excluding hydrogens is 1430 g/mol. The predicted molar refractivity (Wildman–Crippen MR) is 406 cm³/mol. The van der Waals surface area contributed by atoms with Crippen LogP contribution < -0.4 is 20.1 Å². The summed E-state index contributed by atoms with van der Waals surface area (Å²) in [6.07, 6.45) is 18.1. The zero-order valence-electron chi connectivity index (χ0n) is 64.6. The van der Waals surface area contributed by atoms with E-state index in [2.05, 4.69) is 26.9 Å². The van der Waals surface area contributed by atoms with Crippen LogP contribution in [0.5, 0.6) is 11.5 Å². The maximum Gasteiger partial charge on any atom is 0.305 e. The van der Waals surface area contributed by atoms with Crippen molar-refractivity contribution in [2.75, 3.05) is 137 Å². The van der Waals surface area contributed by atoms with Crippen molar-refractivity contribution in [3.8, 4) is 17.6 Å². The van der Waals surface area contributed by atoms with Crippen LogP contribution in [0, 0.1) is 18.3 Å². The van der Waals surface area contributed by atoms with Gasteiger partial charge in [-0.3, -0.25) is 38.4 Å². The molecule has 30 nitrogen and oxygen atoms in total. The van der Waals surface area contributed by atoms with Gasteiger partial charge in [-0.05, 0) is 167 Å². The molecule has 0 fully saturated rings. The normalized spacial score (nSPS) is 11.2. The van der Waals surface area contributed by atoms with E-state index in [1.807, 2.05) is 30.3 Å². The van der Waals surface area contributed by atoms with Gasteiger partial charge in [0.2, 0.25) is 0 Å². The third-order valence-corrected chi connectivity index (χ3v) is 18.6. The van der Waals surface area contributed by atoms with Crippen LogP contribution in [-0.4, -0.2) is 202 Å². The van der Waals surface area contributed by atoms with Crippen molar-refractivity contribution in [2.24, 2.45) is 10.2 Å². The quantitative estimate of drug-likeness (QED) is 0.0176. The lowest BCUT2D eigenvalue weighted by Gasteiger charge is -2.18. The molecule has 109 heavy (non-hydrogen) atoms. The summed E-state index contributed by atoms with van der Waals surface area (Å²) < 4.78 is 87.0. The molecule has 2 aromatic carbocycles. The molecule has 1 aromatic heterocycles. The number of hydrogen-bond donors (Lipinski definition) is 4. The molecule has 0 aliphatic heterocycles. The average molecular weight is 1550 g/mol. The Morgan fingerprint density at radius 3 is 1.24 bits per heavy atom. The first-order chi connectivity index (χ1) is 52.8. The number of azo groups is 1. The molecule has 3 aromatic rings. The van der Waals surface area contributed by atoms with E-state index in [1.54, 1.807) is 18.9 Å². The van der Waals surface area contributed by atoms with E-state index in [9.17, 15) is 52.0 Å². The summed E-state index contributed by atoms with van der Waals surface area (Å²) in [5, 5.41) is 43.4. The Morgan fingerprint density at radius 2 is 0.853 bits per heavy atom. The number of carbonyl (C=O) groups is 8. The molecule has 0 unspecified atom stereocenters. The fraction of sp³-hybridized carbons (Fsp3) is 0.667. The third-order valence-electron chi connectivity index (χ3n) is 16.9. The van der Waals surface area contributed by atoms with Gasteiger partial charge in [-0.15, -0.1) is 10.2 Å². The number of nitrogens with one attached hydrogen (secondary N) is 2. The van der Waals surface area contributed by atoms with Crippen LogP contribution in [0.2, 0.25) is 0 Å². The molecule has 3 rings (SSSR count). The number of nitriles is 1. The lowest BCUT2D eigenvalue weighted by Crippen LogP contribution is -2.29. The Kier molecular flexibility index (Phi) is 52.3. The summed E-state index contributed by atoms with van der Waals surface area (Å²) in [6.45, 7) is 4.56. The van der Waals surface area contributed by atoms with Gasteiger partial charge >= 0.3 is 47.8 Å². The first kappa shape index (κ1) is 94.6. The van der Waals surface area contributed by atoms with Crippen LogP contribution in [0.15, 0.2) is 57.6 Å². The Bertz CT molecular complexity index is 3320. The smallest absolute Gasteiger partial charge is 0.305 e. The van der Waals surface area contributed by atoms with Crippen LogP contribution in [0.25, 0.3) is 0 Å². The highest BCUT2D eigenvalue weighted by Gasteiger charge is 2.25. The van der Waals surface area contributed by atoms with Gasteiger partial charge in [0.1, 0.15) is 52.9 Å². The Labute approximate surface area is 642 Å². The minimum Gasteiger partial charge on any atom is -0.495 e. The zero-order valence-corrected chi connectivity index (χ0v) is 65.4. The minimum absolute atomic E-state index is 0.0160. The van der Waals surface area contributed by atoms with Crippen LogP contribution in [0.3, 0.4) is 0 Å². The highest BCUT2D eigenvalue weighted by atomic mass is 32.2. The van der Waals surface area contributed by atoms with Gasteiger partial charge in [0.15, 0.2) is 15.7 Å². The molecule has 4 N–H and O–H groups in total. The second-order valence-corrected chi connectivity index (χ2v) is 28.1. The summed E-state index contributed by atoms with van der Waals surface area (Å²) in [5.74, 6) is -2.22. The Morgan fingerprint density at radius 1 is 0.468 bits per heavy atom. The molecule has 0 atom stereocenters. The van der Waals surface area contributed by atoms with Gasteiger partial charge in [-0.1, -0.05) is 31.0 Å². The molecule has 0 aliphatic rings. The number of para-hydroxylation sites is 1. The highest BCUT2D eigenvalue weighted by Crippen LogP contribution is 2.41. The molecule has 610 valence electrons.